The zero-order valence-electron chi connectivity index (χ0n) is 23.7. The zero-order valence-corrected chi connectivity index (χ0v) is 24.4. The van der Waals surface area contributed by atoms with E-state index in [0.29, 0.717) is 38.1 Å². The predicted octanol–water partition coefficient (Wildman–Crippen LogP) is 7.68. The number of hydrogen-bond acceptors (Lipinski definition) is 5. The summed E-state index contributed by atoms with van der Waals surface area (Å²) in [7, 11) is 0. The van der Waals surface area contributed by atoms with E-state index in [9.17, 15) is 0 Å². The molecule has 1 aromatic heterocycles. The summed E-state index contributed by atoms with van der Waals surface area (Å²) in [5, 5.41) is 0.560. The monoisotopic (exact) mass is 559 g/mol. The normalized spacial score (nSPS) is 12.6. The molecular formula is C33H38ClN3O3. The molecule has 210 valence electrons. The first-order chi connectivity index (χ1) is 19.6. The molecule has 4 aromatic rings. The van der Waals surface area contributed by atoms with E-state index in [1.165, 1.54) is 11.1 Å². The topological polar surface area (TPSA) is 48.8 Å². The molecule has 0 saturated carbocycles. The van der Waals surface area contributed by atoms with Gasteiger partial charge >= 0.3 is 0 Å². The average molecular weight is 560 g/mol. The number of aryl methyl sites for hydroxylation is 1. The van der Waals surface area contributed by atoms with Gasteiger partial charge in [0.15, 0.2) is 16.7 Å². The first-order valence-corrected chi connectivity index (χ1v) is 14.6. The van der Waals surface area contributed by atoms with Crippen molar-refractivity contribution in [3.63, 3.8) is 0 Å². The second-order valence-electron chi connectivity index (χ2n) is 10.2. The number of benzene rings is 3. The van der Waals surface area contributed by atoms with Gasteiger partial charge in [-0.05, 0) is 61.2 Å². The minimum atomic E-state index is 0.560. The van der Waals surface area contributed by atoms with Crippen molar-refractivity contribution in [2.45, 2.75) is 59.8 Å². The first-order valence-electron chi connectivity index (χ1n) is 14.2. The molecule has 7 heteroatoms. The summed E-state index contributed by atoms with van der Waals surface area (Å²) in [5.41, 5.74) is 5.68. The third kappa shape index (κ3) is 6.62. The van der Waals surface area contributed by atoms with Crippen molar-refractivity contribution in [1.29, 1.82) is 0 Å². The van der Waals surface area contributed by atoms with Gasteiger partial charge in [-0.2, -0.15) is 0 Å². The lowest BCUT2D eigenvalue weighted by Crippen LogP contribution is -2.25. The van der Waals surface area contributed by atoms with E-state index in [1.807, 2.05) is 19.1 Å². The minimum Gasteiger partial charge on any atom is -0.494 e. The number of rotatable bonds is 12. The fourth-order valence-corrected chi connectivity index (χ4v) is 5.42. The van der Waals surface area contributed by atoms with Gasteiger partial charge in [-0.1, -0.05) is 67.4 Å². The minimum absolute atomic E-state index is 0.560. The molecule has 2 heterocycles. The molecule has 0 unspecified atom stereocenters. The van der Waals surface area contributed by atoms with E-state index in [1.54, 1.807) is 0 Å². The maximum atomic E-state index is 6.93. The van der Waals surface area contributed by atoms with Crippen molar-refractivity contribution in [1.82, 2.24) is 14.5 Å². The summed E-state index contributed by atoms with van der Waals surface area (Å²) >= 11 is 6.93. The van der Waals surface area contributed by atoms with Crippen LogP contribution < -0.4 is 14.2 Å². The highest BCUT2D eigenvalue weighted by Gasteiger charge is 2.22. The van der Waals surface area contributed by atoms with Crippen LogP contribution in [0.2, 0.25) is 5.15 Å². The molecule has 6 nitrogen and oxygen atoms in total. The average Bonchev–Trinajstić information content (AvgIpc) is 3.26. The summed E-state index contributed by atoms with van der Waals surface area (Å²) < 4.78 is 19.7. The van der Waals surface area contributed by atoms with Crippen LogP contribution in [0.3, 0.4) is 0 Å². The van der Waals surface area contributed by atoms with Crippen LogP contribution in [0.25, 0.3) is 11.4 Å². The quantitative estimate of drug-likeness (QED) is 0.178. The Kier molecular flexibility index (Phi) is 9.30. The van der Waals surface area contributed by atoms with Gasteiger partial charge in [0, 0.05) is 31.7 Å². The first kappa shape index (κ1) is 28.1. The predicted molar refractivity (Wildman–Crippen MR) is 160 cm³/mol. The largest absolute Gasteiger partial charge is 0.494 e. The molecule has 0 aliphatic carbocycles. The highest BCUT2D eigenvalue weighted by molar-refractivity contribution is 6.30. The van der Waals surface area contributed by atoms with Gasteiger partial charge in [0.25, 0.3) is 0 Å². The number of hydrogen-bond donors (Lipinski definition) is 0. The Bertz CT molecular complexity index is 1430. The van der Waals surface area contributed by atoms with Gasteiger partial charge in [-0.3, -0.25) is 4.90 Å². The third-order valence-corrected chi connectivity index (χ3v) is 7.45. The Hall–Kier alpha value is -3.48. The Labute approximate surface area is 242 Å². The van der Waals surface area contributed by atoms with Crippen LogP contribution in [0.1, 0.15) is 49.1 Å². The fourth-order valence-electron chi connectivity index (χ4n) is 5.18. The molecule has 40 heavy (non-hydrogen) atoms. The van der Waals surface area contributed by atoms with Crippen molar-refractivity contribution >= 4 is 11.6 Å². The molecule has 0 fully saturated rings. The van der Waals surface area contributed by atoms with Gasteiger partial charge in [0.2, 0.25) is 0 Å². The van der Waals surface area contributed by atoms with E-state index < -0.39 is 0 Å². The maximum Gasteiger partial charge on any atom is 0.161 e. The zero-order chi connectivity index (χ0) is 27.9. The summed E-state index contributed by atoms with van der Waals surface area (Å²) in [6.45, 7) is 11.1. The van der Waals surface area contributed by atoms with Crippen LogP contribution in [-0.4, -0.2) is 34.3 Å². The molecule has 0 spiro atoms. The number of aromatic nitrogens is 2. The van der Waals surface area contributed by atoms with Crippen LogP contribution in [0.5, 0.6) is 17.2 Å². The SMILES string of the molecule is CCCCn1c(-c2ccccc2C)nc(Cl)c1CN(Cc1cccc(OCC)c1)Cc1ccc2c(c1)OCCO2. The van der Waals surface area contributed by atoms with E-state index >= 15 is 0 Å². The number of fused-ring (bicyclic) bond motifs is 1. The Balaban J connectivity index is 1.50. The number of unbranched alkanes of at least 4 members (excludes halogenated alkanes) is 1. The molecule has 0 atom stereocenters. The number of nitrogens with zero attached hydrogens (tertiary/aromatic N) is 3. The molecule has 0 saturated heterocycles. The molecule has 5 rings (SSSR count). The molecule has 0 bridgehead atoms. The Morgan fingerprint density at radius 2 is 1.68 bits per heavy atom. The fraction of sp³-hybridized carbons (Fsp3) is 0.364. The Morgan fingerprint density at radius 1 is 0.900 bits per heavy atom. The van der Waals surface area contributed by atoms with Crippen LogP contribution >= 0.6 is 11.6 Å². The van der Waals surface area contributed by atoms with Crippen molar-refractivity contribution < 1.29 is 14.2 Å². The molecule has 1 aliphatic rings. The molecule has 3 aromatic carbocycles. The van der Waals surface area contributed by atoms with Gasteiger partial charge in [-0.25, -0.2) is 4.98 Å². The number of halogens is 1. The summed E-state index contributed by atoms with van der Waals surface area (Å²) in [6.07, 6.45) is 2.14. The molecule has 0 N–H and O–H groups in total. The molecule has 0 radical (unpaired) electrons. The van der Waals surface area contributed by atoms with Gasteiger partial charge in [0.1, 0.15) is 24.8 Å². The highest BCUT2D eigenvalue weighted by Crippen LogP contribution is 2.33. The van der Waals surface area contributed by atoms with E-state index in [0.717, 1.165) is 65.8 Å². The second kappa shape index (κ2) is 13.2. The lowest BCUT2D eigenvalue weighted by molar-refractivity contribution is 0.170. The van der Waals surface area contributed by atoms with Crippen LogP contribution in [0.15, 0.2) is 66.7 Å². The van der Waals surface area contributed by atoms with Crippen molar-refractivity contribution in [2.24, 2.45) is 0 Å². The number of ether oxygens (including phenoxy) is 3. The van der Waals surface area contributed by atoms with Crippen LogP contribution in [0.4, 0.5) is 0 Å². The van der Waals surface area contributed by atoms with Crippen molar-refractivity contribution in [3.05, 3.63) is 94.3 Å². The summed E-state index contributed by atoms with van der Waals surface area (Å²) in [6, 6.07) is 22.9. The molecule has 1 aliphatic heterocycles. The van der Waals surface area contributed by atoms with Crippen molar-refractivity contribution in [2.75, 3.05) is 19.8 Å². The van der Waals surface area contributed by atoms with Gasteiger partial charge in [-0.15, -0.1) is 0 Å². The van der Waals surface area contributed by atoms with E-state index in [4.69, 9.17) is 30.8 Å². The lowest BCUT2D eigenvalue weighted by Gasteiger charge is -2.25. The van der Waals surface area contributed by atoms with Crippen LogP contribution in [0, 0.1) is 6.92 Å². The Morgan fingerprint density at radius 3 is 2.45 bits per heavy atom. The van der Waals surface area contributed by atoms with E-state index in [-0.39, 0.29) is 0 Å². The molecular weight excluding hydrogens is 522 g/mol. The second-order valence-corrected chi connectivity index (χ2v) is 10.6. The summed E-state index contributed by atoms with van der Waals surface area (Å²) in [4.78, 5) is 7.31. The van der Waals surface area contributed by atoms with E-state index in [2.05, 4.69) is 77.9 Å². The molecule has 0 amide bonds. The van der Waals surface area contributed by atoms with Crippen LogP contribution in [-0.2, 0) is 26.2 Å². The summed E-state index contributed by atoms with van der Waals surface area (Å²) in [5.74, 6) is 3.42. The van der Waals surface area contributed by atoms with Crippen molar-refractivity contribution in [3.8, 4) is 28.6 Å². The highest BCUT2D eigenvalue weighted by atomic mass is 35.5. The third-order valence-electron chi connectivity index (χ3n) is 7.15. The standard InChI is InChI=1S/C33H38ClN3O3/c1-4-6-16-37-29(32(34)35-33(37)28-13-8-7-10-24(28)3)23-36(21-25-11-9-12-27(19-25)38-5-2)22-26-14-15-30-31(20-26)40-18-17-39-30/h7-15,19-20H,4-6,16-18,21-23H2,1-3H3. The lowest BCUT2D eigenvalue weighted by atomic mass is 10.1. The maximum absolute atomic E-state index is 6.93. The number of imidazole rings is 1. The smallest absolute Gasteiger partial charge is 0.161 e. The van der Waals surface area contributed by atoms with Gasteiger partial charge < -0.3 is 18.8 Å². The van der Waals surface area contributed by atoms with Gasteiger partial charge in [0.05, 0.1) is 12.3 Å².